The number of aliphatic hydroxyl groups excluding tert-OH is 1. The van der Waals surface area contributed by atoms with Crippen molar-refractivity contribution in [1.82, 2.24) is 19.9 Å². The number of halogens is 3. The molecule has 0 saturated heterocycles. The molecule has 3 heterocycles. The first kappa shape index (κ1) is 26.7. The molecule has 2 aliphatic rings. The summed E-state index contributed by atoms with van der Waals surface area (Å²) in [6, 6.07) is 7.04. The van der Waals surface area contributed by atoms with Crippen LogP contribution < -0.4 is 15.4 Å². The van der Waals surface area contributed by atoms with Crippen LogP contribution in [0.5, 0.6) is 5.75 Å². The number of fused-ring (bicyclic) bond motifs is 1. The van der Waals surface area contributed by atoms with Gasteiger partial charge in [0.15, 0.2) is 5.72 Å². The fraction of sp³-hybridized carbons (Fsp3) is 0.407. The number of thiazole rings is 1. The van der Waals surface area contributed by atoms with Gasteiger partial charge >= 0.3 is 6.36 Å². The van der Waals surface area contributed by atoms with E-state index >= 15 is 0 Å². The van der Waals surface area contributed by atoms with Crippen LogP contribution in [0.4, 0.5) is 24.9 Å². The van der Waals surface area contributed by atoms with Crippen molar-refractivity contribution in [3.8, 4) is 16.3 Å². The number of pyridine rings is 1. The zero-order chi connectivity index (χ0) is 28.3. The number of nitrogens with one attached hydrogen (secondary N) is 2. The van der Waals surface area contributed by atoms with E-state index in [0.717, 1.165) is 23.1 Å². The molecule has 2 saturated carbocycles. The van der Waals surface area contributed by atoms with Gasteiger partial charge in [0.1, 0.15) is 28.2 Å². The predicted molar refractivity (Wildman–Crippen MR) is 144 cm³/mol. The van der Waals surface area contributed by atoms with Gasteiger partial charge in [0.05, 0.1) is 28.2 Å². The van der Waals surface area contributed by atoms with E-state index in [2.05, 4.69) is 25.3 Å². The van der Waals surface area contributed by atoms with Gasteiger partial charge in [0, 0.05) is 11.6 Å². The van der Waals surface area contributed by atoms with Crippen molar-refractivity contribution in [2.45, 2.75) is 63.8 Å². The number of aromatic nitrogens is 4. The van der Waals surface area contributed by atoms with Crippen LogP contribution >= 0.6 is 11.3 Å². The average Bonchev–Trinajstić information content (AvgIpc) is 3.50. The molecular formula is C27H27F3N6O3S. The lowest BCUT2D eigenvalue weighted by Gasteiger charge is -2.31. The van der Waals surface area contributed by atoms with Crippen LogP contribution in [-0.4, -0.2) is 48.3 Å². The molecule has 2 aliphatic carbocycles. The lowest BCUT2D eigenvalue weighted by molar-refractivity contribution is -0.274. The van der Waals surface area contributed by atoms with Crippen molar-refractivity contribution < 1.29 is 28.1 Å². The van der Waals surface area contributed by atoms with E-state index in [0.29, 0.717) is 40.5 Å². The largest absolute Gasteiger partial charge is 0.573 e. The number of nitrogens with zero attached hydrogens (tertiary/aromatic N) is 4. The smallest absolute Gasteiger partial charge is 0.406 e. The van der Waals surface area contributed by atoms with Gasteiger partial charge in [-0.1, -0.05) is 12.1 Å². The number of hydrogen-bond acceptors (Lipinski definition) is 10. The van der Waals surface area contributed by atoms with Crippen molar-refractivity contribution in [3.63, 3.8) is 0 Å². The Labute approximate surface area is 231 Å². The first-order chi connectivity index (χ1) is 18.9. The fourth-order valence-electron chi connectivity index (χ4n) is 5.35. The SMILES string of the molecule is Cc1nc(N[C@H](C)c2ccc(OC(F)(F)F)cc2)nc(N[C@]2(O)CCC3(CC3)[C@H]2O)c1-c1nc2cnccc2s1. The Morgan fingerprint density at radius 3 is 2.45 bits per heavy atom. The Hall–Kier alpha value is -3.55. The van der Waals surface area contributed by atoms with Gasteiger partial charge in [-0.15, -0.1) is 24.5 Å². The van der Waals surface area contributed by atoms with E-state index < -0.39 is 18.2 Å². The van der Waals surface area contributed by atoms with Gasteiger partial charge in [-0.25, -0.2) is 9.97 Å². The molecule has 3 atom stereocenters. The third-order valence-electron chi connectivity index (χ3n) is 7.72. The maximum atomic E-state index is 12.5. The highest BCUT2D eigenvalue weighted by atomic mass is 32.1. The van der Waals surface area contributed by atoms with Crippen molar-refractivity contribution in [2.75, 3.05) is 10.6 Å². The minimum absolute atomic E-state index is 0.242. The molecule has 0 amide bonds. The van der Waals surface area contributed by atoms with E-state index in [1.807, 2.05) is 19.9 Å². The van der Waals surface area contributed by atoms with E-state index in [1.165, 1.54) is 35.6 Å². The molecule has 1 spiro atoms. The summed E-state index contributed by atoms with van der Waals surface area (Å²) in [6.45, 7) is 3.63. The van der Waals surface area contributed by atoms with Crippen LogP contribution in [0.15, 0.2) is 42.7 Å². The topological polar surface area (TPSA) is 125 Å². The molecule has 4 N–H and O–H groups in total. The molecule has 6 rings (SSSR count). The standard InChI is InChI=1S/C27H27F3N6O3S/c1-14(16-3-5-17(6-4-16)39-27(28,29)30)32-24-33-15(2)20(22-34-18-13-31-12-7-19(18)40-22)21(35-24)36-26(38)11-10-25(8-9-25)23(26)37/h3-7,12-14,23,37-38H,8-11H2,1-2H3,(H2,32,33,35,36)/t14-,23-,26+/m1/s1. The summed E-state index contributed by atoms with van der Waals surface area (Å²) in [5.74, 6) is 0.253. The summed E-state index contributed by atoms with van der Waals surface area (Å²) in [5.41, 5.74) is 0.771. The summed E-state index contributed by atoms with van der Waals surface area (Å²) in [4.78, 5) is 18.2. The molecule has 0 bridgehead atoms. The van der Waals surface area contributed by atoms with Gasteiger partial charge in [-0.3, -0.25) is 4.98 Å². The molecule has 0 aliphatic heterocycles. The quantitative estimate of drug-likeness (QED) is 0.211. The van der Waals surface area contributed by atoms with Crippen LogP contribution in [-0.2, 0) is 0 Å². The van der Waals surface area contributed by atoms with Crippen molar-refractivity contribution >= 4 is 33.3 Å². The first-order valence-corrected chi connectivity index (χ1v) is 13.7. The Morgan fingerprint density at radius 2 is 1.80 bits per heavy atom. The summed E-state index contributed by atoms with van der Waals surface area (Å²) in [5, 5.41) is 29.5. The number of rotatable bonds is 7. The Kier molecular flexibility index (Phi) is 6.35. The highest BCUT2D eigenvalue weighted by Crippen LogP contribution is 2.60. The summed E-state index contributed by atoms with van der Waals surface area (Å²) in [6.07, 6.45) is 0.465. The second-order valence-corrected chi connectivity index (χ2v) is 11.5. The Balaban J connectivity index is 1.33. The lowest BCUT2D eigenvalue weighted by atomic mass is 10.0. The number of hydrogen-bond donors (Lipinski definition) is 4. The normalized spacial score (nSPS) is 22.4. The summed E-state index contributed by atoms with van der Waals surface area (Å²) in [7, 11) is 0. The molecule has 4 aromatic rings. The molecule has 0 unspecified atom stereocenters. The molecule has 13 heteroatoms. The van der Waals surface area contributed by atoms with Crippen LogP contribution in [0.2, 0.25) is 0 Å². The highest BCUT2D eigenvalue weighted by Gasteiger charge is 2.62. The third-order valence-corrected chi connectivity index (χ3v) is 8.77. The van der Waals surface area contributed by atoms with Gasteiger partial charge in [-0.2, -0.15) is 4.98 Å². The Bertz CT molecular complexity index is 1530. The number of alkyl halides is 3. The monoisotopic (exact) mass is 572 g/mol. The molecule has 40 heavy (non-hydrogen) atoms. The van der Waals surface area contributed by atoms with Crippen molar-refractivity contribution in [1.29, 1.82) is 0 Å². The summed E-state index contributed by atoms with van der Waals surface area (Å²) < 4.78 is 42.5. The molecule has 9 nitrogen and oxygen atoms in total. The van der Waals surface area contributed by atoms with Gasteiger partial charge < -0.3 is 25.6 Å². The van der Waals surface area contributed by atoms with Crippen LogP contribution in [0.3, 0.4) is 0 Å². The average molecular weight is 573 g/mol. The van der Waals surface area contributed by atoms with Crippen LogP contribution in [0.1, 0.15) is 49.9 Å². The zero-order valence-corrected chi connectivity index (χ0v) is 22.5. The zero-order valence-electron chi connectivity index (χ0n) is 21.7. The van der Waals surface area contributed by atoms with Gasteiger partial charge in [0.2, 0.25) is 5.95 Å². The number of ether oxygens (including phenoxy) is 1. The van der Waals surface area contributed by atoms with Crippen molar-refractivity contribution in [2.24, 2.45) is 5.41 Å². The third kappa shape index (κ3) is 5.04. The maximum Gasteiger partial charge on any atom is 0.573 e. The van der Waals surface area contributed by atoms with Crippen LogP contribution in [0.25, 0.3) is 20.8 Å². The van der Waals surface area contributed by atoms with Gasteiger partial charge in [-0.05, 0) is 63.3 Å². The number of aliphatic hydroxyl groups is 2. The molecule has 3 aromatic heterocycles. The second kappa shape index (κ2) is 9.53. The first-order valence-electron chi connectivity index (χ1n) is 12.9. The molecule has 210 valence electrons. The van der Waals surface area contributed by atoms with Crippen molar-refractivity contribution in [3.05, 3.63) is 54.0 Å². The van der Waals surface area contributed by atoms with E-state index in [4.69, 9.17) is 9.97 Å². The van der Waals surface area contributed by atoms with E-state index in [9.17, 15) is 23.4 Å². The number of anilines is 2. The molecular weight excluding hydrogens is 545 g/mol. The number of aryl methyl sites for hydroxylation is 1. The highest BCUT2D eigenvalue weighted by molar-refractivity contribution is 7.21. The fourth-order valence-corrected chi connectivity index (χ4v) is 6.38. The maximum absolute atomic E-state index is 12.5. The number of benzene rings is 1. The van der Waals surface area contributed by atoms with E-state index in [-0.39, 0.29) is 23.2 Å². The second-order valence-electron chi connectivity index (χ2n) is 10.5. The minimum Gasteiger partial charge on any atom is -0.406 e. The molecule has 2 fully saturated rings. The van der Waals surface area contributed by atoms with Crippen LogP contribution in [0, 0.1) is 12.3 Å². The molecule has 1 aromatic carbocycles. The lowest BCUT2D eigenvalue weighted by Crippen LogP contribution is -2.48. The minimum atomic E-state index is -4.77. The Morgan fingerprint density at radius 1 is 1.07 bits per heavy atom. The molecule has 0 radical (unpaired) electrons. The summed E-state index contributed by atoms with van der Waals surface area (Å²) >= 11 is 1.44. The van der Waals surface area contributed by atoms with Gasteiger partial charge in [0.25, 0.3) is 0 Å². The predicted octanol–water partition coefficient (Wildman–Crippen LogP) is 5.56. The van der Waals surface area contributed by atoms with E-state index in [1.54, 1.807) is 12.4 Å².